The van der Waals surface area contributed by atoms with Gasteiger partial charge in [0, 0.05) is 29.6 Å². The van der Waals surface area contributed by atoms with Crippen molar-refractivity contribution in [1.29, 1.82) is 0 Å². The molecule has 2 aliphatic rings. The second-order valence-electron chi connectivity index (χ2n) is 5.81. The molecule has 108 valence electrons. The number of aliphatic hydroxyl groups is 1. The van der Waals surface area contributed by atoms with Crippen LogP contribution in [0, 0.1) is 25.7 Å². The lowest BCUT2D eigenvalue weighted by Crippen LogP contribution is -2.46. The normalized spacial score (nSPS) is 31.0. The van der Waals surface area contributed by atoms with Gasteiger partial charge >= 0.3 is 0 Å². The van der Waals surface area contributed by atoms with Crippen molar-refractivity contribution < 1.29 is 9.90 Å². The molecule has 2 aliphatic carbocycles. The molecule has 5 heteroatoms. The summed E-state index contributed by atoms with van der Waals surface area (Å²) in [6.07, 6.45) is 4.63. The smallest absolute Gasteiger partial charge is 0.272 e. The van der Waals surface area contributed by atoms with Crippen LogP contribution in [0.25, 0.3) is 0 Å². The van der Waals surface area contributed by atoms with Crippen LogP contribution in [0.5, 0.6) is 0 Å². The second kappa shape index (κ2) is 4.74. The highest BCUT2D eigenvalue weighted by molar-refractivity contribution is 5.94. The van der Waals surface area contributed by atoms with Gasteiger partial charge in [0.05, 0.1) is 12.1 Å². The van der Waals surface area contributed by atoms with Crippen molar-refractivity contribution in [3.63, 3.8) is 0 Å². The first-order chi connectivity index (χ1) is 9.52. The number of carbonyl (C=O) groups excluding carboxylic acids is 1. The number of carbonyl (C=O) groups is 1. The third-order valence-corrected chi connectivity index (χ3v) is 4.74. The predicted molar refractivity (Wildman–Crippen MR) is 75.4 cm³/mol. The molecule has 0 saturated heterocycles. The third-order valence-electron chi connectivity index (χ3n) is 4.74. The van der Waals surface area contributed by atoms with E-state index in [-0.39, 0.29) is 23.8 Å². The number of nitrogens with one attached hydrogen (secondary N) is 1. The van der Waals surface area contributed by atoms with Gasteiger partial charge in [-0.25, -0.2) is 0 Å². The molecular weight excluding hydrogens is 254 g/mol. The lowest BCUT2D eigenvalue weighted by molar-refractivity contribution is 0.0804. The molecule has 1 heterocycles. The van der Waals surface area contributed by atoms with Crippen LogP contribution in [0.1, 0.15) is 35.1 Å². The number of hydrogen-bond acceptors (Lipinski definition) is 3. The molecule has 1 aromatic rings. The van der Waals surface area contributed by atoms with E-state index in [1.54, 1.807) is 0 Å². The summed E-state index contributed by atoms with van der Waals surface area (Å²) in [5.74, 6) is 0.276. The summed E-state index contributed by atoms with van der Waals surface area (Å²) in [6, 6.07) is -0.177. The summed E-state index contributed by atoms with van der Waals surface area (Å²) in [6.45, 7) is 6.64. The van der Waals surface area contributed by atoms with Crippen molar-refractivity contribution in [1.82, 2.24) is 15.1 Å². The molecule has 5 nitrogen and oxygen atoms in total. The topological polar surface area (TPSA) is 67.2 Å². The average molecular weight is 275 g/mol. The molecular formula is C15H21N3O2. The minimum Gasteiger partial charge on any atom is -0.390 e. The monoisotopic (exact) mass is 275 g/mol. The van der Waals surface area contributed by atoms with Gasteiger partial charge < -0.3 is 10.4 Å². The quantitative estimate of drug-likeness (QED) is 0.814. The maximum absolute atomic E-state index is 12.4. The summed E-state index contributed by atoms with van der Waals surface area (Å²) in [7, 11) is 0. The Morgan fingerprint density at radius 1 is 1.45 bits per heavy atom. The molecule has 1 fully saturated rings. The highest BCUT2D eigenvalue weighted by Crippen LogP contribution is 2.39. The van der Waals surface area contributed by atoms with Gasteiger partial charge in [0.15, 0.2) is 5.69 Å². The fourth-order valence-corrected chi connectivity index (χ4v) is 3.37. The van der Waals surface area contributed by atoms with Gasteiger partial charge in [-0.1, -0.05) is 12.2 Å². The Hall–Kier alpha value is -1.62. The predicted octanol–water partition coefficient (Wildman–Crippen LogP) is 1.19. The first kappa shape index (κ1) is 13.4. The second-order valence-corrected chi connectivity index (χ2v) is 5.81. The van der Waals surface area contributed by atoms with E-state index in [9.17, 15) is 9.90 Å². The van der Waals surface area contributed by atoms with Gasteiger partial charge in [0.2, 0.25) is 0 Å². The molecule has 1 saturated carbocycles. The maximum atomic E-state index is 12.4. The number of aliphatic hydroxyl groups excluding tert-OH is 1. The maximum Gasteiger partial charge on any atom is 0.272 e. The number of hydrogen-bond donors (Lipinski definition) is 2. The molecule has 1 amide bonds. The van der Waals surface area contributed by atoms with Gasteiger partial charge in [0.1, 0.15) is 0 Å². The zero-order valence-corrected chi connectivity index (χ0v) is 12.1. The lowest BCUT2D eigenvalue weighted by Gasteiger charge is -2.24. The summed E-state index contributed by atoms with van der Waals surface area (Å²) >= 11 is 0. The Morgan fingerprint density at radius 2 is 2.15 bits per heavy atom. The van der Waals surface area contributed by atoms with E-state index in [0.717, 1.165) is 24.2 Å². The number of aromatic nitrogens is 2. The van der Waals surface area contributed by atoms with Crippen LogP contribution in [-0.4, -0.2) is 32.9 Å². The van der Waals surface area contributed by atoms with Crippen molar-refractivity contribution in [2.45, 2.75) is 45.9 Å². The number of amides is 1. The summed E-state index contributed by atoms with van der Waals surface area (Å²) < 4.78 is 1.83. The number of nitrogens with zero attached hydrogens (tertiary/aromatic N) is 2. The highest BCUT2D eigenvalue weighted by Gasteiger charge is 2.44. The first-order valence-corrected chi connectivity index (χ1v) is 7.24. The van der Waals surface area contributed by atoms with Crippen molar-refractivity contribution >= 4 is 5.91 Å². The molecule has 4 unspecified atom stereocenters. The first-order valence-electron chi connectivity index (χ1n) is 7.24. The Labute approximate surface area is 118 Å². The molecule has 2 N–H and O–H groups in total. The van der Waals surface area contributed by atoms with Crippen LogP contribution in [0.2, 0.25) is 0 Å². The molecule has 0 aliphatic heterocycles. The van der Waals surface area contributed by atoms with Gasteiger partial charge in [-0.05, 0) is 27.2 Å². The minimum atomic E-state index is -0.469. The van der Waals surface area contributed by atoms with Crippen LogP contribution >= 0.6 is 0 Å². The molecule has 0 aromatic carbocycles. The van der Waals surface area contributed by atoms with Gasteiger partial charge in [-0.2, -0.15) is 5.10 Å². The largest absolute Gasteiger partial charge is 0.390 e. The van der Waals surface area contributed by atoms with E-state index in [1.807, 2.05) is 25.5 Å². The summed E-state index contributed by atoms with van der Waals surface area (Å²) in [5.41, 5.74) is 2.41. The van der Waals surface area contributed by atoms with Crippen LogP contribution in [0.3, 0.4) is 0 Å². The lowest BCUT2D eigenvalue weighted by atomic mass is 9.98. The van der Waals surface area contributed by atoms with E-state index in [2.05, 4.69) is 22.6 Å². The standard InChI is InChI=1S/C15H21N3O2/c1-4-18-9(3)8(2)12(17-18)15(20)16-13-10-5-6-11(7-10)14(13)19/h5-6,10-11,13-14,19H,4,7H2,1-3H3,(H,16,20). The van der Waals surface area contributed by atoms with Crippen molar-refractivity contribution in [2.75, 3.05) is 0 Å². The highest BCUT2D eigenvalue weighted by atomic mass is 16.3. The molecule has 0 radical (unpaired) electrons. The van der Waals surface area contributed by atoms with E-state index < -0.39 is 6.10 Å². The van der Waals surface area contributed by atoms with Gasteiger partial charge in [0.25, 0.3) is 5.91 Å². The Kier molecular flexibility index (Phi) is 3.17. The van der Waals surface area contributed by atoms with Crippen molar-refractivity contribution in [3.8, 4) is 0 Å². The molecule has 1 aromatic heterocycles. The van der Waals surface area contributed by atoms with Crippen LogP contribution in [0.15, 0.2) is 12.2 Å². The molecule has 0 spiro atoms. The number of fused-ring (bicyclic) bond motifs is 2. The van der Waals surface area contributed by atoms with Gasteiger partial charge in [-0.3, -0.25) is 9.48 Å². The minimum absolute atomic E-state index is 0.177. The van der Waals surface area contributed by atoms with E-state index >= 15 is 0 Å². The van der Waals surface area contributed by atoms with Gasteiger partial charge in [-0.15, -0.1) is 0 Å². The molecule has 3 rings (SSSR count). The Balaban J connectivity index is 1.79. The van der Waals surface area contributed by atoms with E-state index in [4.69, 9.17) is 0 Å². The Bertz CT molecular complexity index is 576. The molecule has 20 heavy (non-hydrogen) atoms. The molecule has 2 bridgehead atoms. The fourth-order valence-electron chi connectivity index (χ4n) is 3.37. The Morgan fingerprint density at radius 3 is 2.70 bits per heavy atom. The zero-order chi connectivity index (χ0) is 14.4. The van der Waals surface area contributed by atoms with E-state index in [1.165, 1.54) is 0 Å². The van der Waals surface area contributed by atoms with Crippen LogP contribution < -0.4 is 5.32 Å². The van der Waals surface area contributed by atoms with Crippen LogP contribution in [-0.2, 0) is 6.54 Å². The van der Waals surface area contributed by atoms with Crippen molar-refractivity contribution in [2.24, 2.45) is 11.8 Å². The SMILES string of the molecule is CCn1nc(C(=O)NC2C3C=CC(C3)C2O)c(C)c1C. The van der Waals surface area contributed by atoms with Crippen molar-refractivity contribution in [3.05, 3.63) is 29.1 Å². The average Bonchev–Trinajstić information content (AvgIpc) is 3.09. The summed E-state index contributed by atoms with van der Waals surface area (Å²) in [4.78, 5) is 12.4. The zero-order valence-electron chi connectivity index (χ0n) is 12.1. The number of aryl methyl sites for hydroxylation is 1. The summed E-state index contributed by atoms with van der Waals surface area (Å²) in [5, 5.41) is 17.5. The third kappa shape index (κ3) is 1.88. The molecule has 4 atom stereocenters. The van der Waals surface area contributed by atoms with Crippen LogP contribution in [0.4, 0.5) is 0 Å². The number of rotatable bonds is 3. The van der Waals surface area contributed by atoms with E-state index in [0.29, 0.717) is 5.69 Å². The fraction of sp³-hybridized carbons (Fsp3) is 0.600.